The molecular formula is C15H19ClN2O2. The second-order valence-electron chi connectivity index (χ2n) is 5.09. The third kappa shape index (κ3) is 3.38. The first-order valence-corrected chi connectivity index (χ1v) is 7.16. The Kier molecular flexibility index (Phi) is 4.78. The second-order valence-corrected chi connectivity index (χ2v) is 5.53. The highest BCUT2D eigenvalue weighted by molar-refractivity contribution is 6.30. The molecule has 0 spiro atoms. The highest BCUT2D eigenvalue weighted by atomic mass is 35.5. The number of benzene rings is 1. The van der Waals surface area contributed by atoms with Crippen LogP contribution in [0.3, 0.4) is 0 Å². The number of rotatable bonds is 3. The van der Waals surface area contributed by atoms with Gasteiger partial charge < -0.3 is 4.90 Å². The van der Waals surface area contributed by atoms with E-state index in [1.165, 1.54) is 0 Å². The van der Waals surface area contributed by atoms with Crippen LogP contribution in [-0.2, 0) is 4.79 Å². The molecule has 0 aliphatic carbocycles. The van der Waals surface area contributed by atoms with Crippen LogP contribution in [-0.4, -0.2) is 53.7 Å². The molecule has 2 rings (SSSR count). The standard InChI is InChI=1S/C15H19ClN2O2/c1-11(15(20)13-3-5-14(16)6-4-13)17-7-9-18(10-8-17)12(2)19/h3-6,11H,7-10H2,1-2H3. The highest BCUT2D eigenvalue weighted by Gasteiger charge is 2.26. The molecule has 1 saturated heterocycles. The van der Waals surface area contributed by atoms with E-state index in [9.17, 15) is 9.59 Å². The van der Waals surface area contributed by atoms with Gasteiger partial charge in [-0.3, -0.25) is 14.5 Å². The molecule has 0 bridgehead atoms. The van der Waals surface area contributed by atoms with Gasteiger partial charge in [-0.25, -0.2) is 0 Å². The Hall–Kier alpha value is -1.39. The van der Waals surface area contributed by atoms with Gasteiger partial charge in [0.1, 0.15) is 0 Å². The number of carbonyl (C=O) groups excluding carboxylic acids is 2. The van der Waals surface area contributed by atoms with Crippen LogP contribution >= 0.6 is 11.6 Å². The third-order valence-corrected chi connectivity index (χ3v) is 4.07. The van der Waals surface area contributed by atoms with Crippen molar-refractivity contribution in [3.8, 4) is 0 Å². The SMILES string of the molecule is CC(=O)N1CCN(C(C)C(=O)c2ccc(Cl)cc2)CC1. The van der Waals surface area contributed by atoms with E-state index in [1.54, 1.807) is 31.2 Å². The number of halogens is 1. The molecule has 1 amide bonds. The summed E-state index contributed by atoms with van der Waals surface area (Å²) < 4.78 is 0. The monoisotopic (exact) mass is 294 g/mol. The molecule has 1 aromatic rings. The van der Waals surface area contributed by atoms with Crippen LogP contribution in [0.15, 0.2) is 24.3 Å². The minimum Gasteiger partial charge on any atom is -0.340 e. The average Bonchev–Trinajstić information content (AvgIpc) is 2.46. The Bertz CT molecular complexity index is 493. The Balaban J connectivity index is 1.98. The Morgan fingerprint density at radius 3 is 2.15 bits per heavy atom. The number of hydrogen-bond acceptors (Lipinski definition) is 3. The molecule has 4 nitrogen and oxygen atoms in total. The highest BCUT2D eigenvalue weighted by Crippen LogP contribution is 2.15. The number of carbonyl (C=O) groups is 2. The minimum atomic E-state index is -0.176. The fourth-order valence-corrected chi connectivity index (χ4v) is 2.57. The van der Waals surface area contributed by atoms with Crippen LogP contribution in [0, 0.1) is 0 Å². The number of piperazine rings is 1. The van der Waals surface area contributed by atoms with E-state index in [0.717, 1.165) is 13.1 Å². The average molecular weight is 295 g/mol. The molecule has 5 heteroatoms. The Morgan fingerprint density at radius 2 is 1.65 bits per heavy atom. The zero-order chi connectivity index (χ0) is 14.7. The first-order chi connectivity index (χ1) is 9.49. The molecule has 108 valence electrons. The van der Waals surface area contributed by atoms with Crippen LogP contribution in [0.1, 0.15) is 24.2 Å². The van der Waals surface area contributed by atoms with Crippen molar-refractivity contribution in [3.05, 3.63) is 34.9 Å². The van der Waals surface area contributed by atoms with Crippen molar-refractivity contribution in [1.82, 2.24) is 9.80 Å². The Morgan fingerprint density at radius 1 is 1.10 bits per heavy atom. The summed E-state index contributed by atoms with van der Waals surface area (Å²) >= 11 is 5.83. The fraction of sp³-hybridized carbons (Fsp3) is 0.467. The summed E-state index contributed by atoms with van der Waals surface area (Å²) in [4.78, 5) is 27.6. The van der Waals surface area contributed by atoms with Crippen LogP contribution in [0.2, 0.25) is 5.02 Å². The number of amides is 1. The van der Waals surface area contributed by atoms with Crippen molar-refractivity contribution >= 4 is 23.3 Å². The quantitative estimate of drug-likeness (QED) is 0.802. The molecule has 0 aromatic heterocycles. The van der Waals surface area contributed by atoms with Crippen molar-refractivity contribution in [3.63, 3.8) is 0 Å². The van der Waals surface area contributed by atoms with Crippen LogP contribution < -0.4 is 0 Å². The Labute approximate surface area is 124 Å². The van der Waals surface area contributed by atoms with Crippen molar-refractivity contribution < 1.29 is 9.59 Å². The summed E-state index contributed by atoms with van der Waals surface area (Å²) in [6.07, 6.45) is 0. The first kappa shape index (κ1) is 15.0. The molecular weight excluding hydrogens is 276 g/mol. The van der Waals surface area contributed by atoms with Gasteiger partial charge in [-0.05, 0) is 31.2 Å². The van der Waals surface area contributed by atoms with E-state index < -0.39 is 0 Å². The van der Waals surface area contributed by atoms with Gasteiger partial charge in [0.05, 0.1) is 6.04 Å². The topological polar surface area (TPSA) is 40.6 Å². The van der Waals surface area contributed by atoms with Gasteiger partial charge in [0.25, 0.3) is 0 Å². The summed E-state index contributed by atoms with van der Waals surface area (Å²) in [5, 5.41) is 0.629. The smallest absolute Gasteiger partial charge is 0.219 e. The molecule has 0 radical (unpaired) electrons. The number of nitrogens with zero attached hydrogens (tertiary/aromatic N) is 2. The first-order valence-electron chi connectivity index (χ1n) is 6.78. The minimum absolute atomic E-state index is 0.0953. The fourth-order valence-electron chi connectivity index (χ4n) is 2.45. The molecule has 1 fully saturated rings. The van der Waals surface area contributed by atoms with Gasteiger partial charge in [-0.1, -0.05) is 11.6 Å². The van der Waals surface area contributed by atoms with E-state index in [4.69, 9.17) is 11.6 Å². The zero-order valence-corrected chi connectivity index (χ0v) is 12.6. The number of Topliss-reactive ketones (excluding diaryl/α,β-unsaturated/α-hetero) is 1. The number of ketones is 1. The van der Waals surface area contributed by atoms with Crippen molar-refractivity contribution in [2.75, 3.05) is 26.2 Å². The van der Waals surface area contributed by atoms with Crippen LogP contribution in [0.5, 0.6) is 0 Å². The summed E-state index contributed by atoms with van der Waals surface area (Å²) in [6.45, 7) is 6.35. The van der Waals surface area contributed by atoms with E-state index in [-0.39, 0.29) is 17.7 Å². The lowest BCUT2D eigenvalue weighted by Crippen LogP contribution is -2.52. The maximum absolute atomic E-state index is 12.4. The summed E-state index contributed by atoms with van der Waals surface area (Å²) in [5.74, 6) is 0.194. The zero-order valence-electron chi connectivity index (χ0n) is 11.8. The molecule has 0 N–H and O–H groups in total. The lowest BCUT2D eigenvalue weighted by molar-refractivity contribution is -0.130. The number of hydrogen-bond donors (Lipinski definition) is 0. The predicted octanol–water partition coefficient (Wildman–Crippen LogP) is 2.08. The third-order valence-electron chi connectivity index (χ3n) is 3.82. The molecule has 20 heavy (non-hydrogen) atoms. The maximum atomic E-state index is 12.4. The lowest BCUT2D eigenvalue weighted by Gasteiger charge is -2.37. The normalized spacial score (nSPS) is 17.9. The molecule has 1 heterocycles. The van der Waals surface area contributed by atoms with Crippen LogP contribution in [0.4, 0.5) is 0 Å². The van der Waals surface area contributed by atoms with Crippen LogP contribution in [0.25, 0.3) is 0 Å². The van der Waals surface area contributed by atoms with E-state index in [2.05, 4.69) is 4.90 Å². The summed E-state index contributed by atoms with van der Waals surface area (Å²) in [5.41, 5.74) is 0.677. The van der Waals surface area contributed by atoms with Gasteiger partial charge in [0.2, 0.25) is 5.91 Å². The van der Waals surface area contributed by atoms with Gasteiger partial charge in [-0.15, -0.1) is 0 Å². The summed E-state index contributed by atoms with van der Waals surface area (Å²) in [6, 6.07) is 6.80. The van der Waals surface area contributed by atoms with E-state index in [1.807, 2.05) is 11.8 Å². The predicted molar refractivity (Wildman–Crippen MR) is 79.1 cm³/mol. The van der Waals surface area contributed by atoms with E-state index >= 15 is 0 Å². The van der Waals surface area contributed by atoms with Crippen molar-refractivity contribution in [2.24, 2.45) is 0 Å². The molecule has 1 aromatic carbocycles. The van der Waals surface area contributed by atoms with Gasteiger partial charge >= 0.3 is 0 Å². The second kappa shape index (κ2) is 6.37. The van der Waals surface area contributed by atoms with Crippen molar-refractivity contribution in [2.45, 2.75) is 19.9 Å². The molecule has 1 aliphatic rings. The largest absolute Gasteiger partial charge is 0.340 e. The van der Waals surface area contributed by atoms with Gasteiger partial charge in [0, 0.05) is 43.7 Å². The molecule has 1 atom stereocenters. The van der Waals surface area contributed by atoms with Crippen molar-refractivity contribution in [1.29, 1.82) is 0 Å². The molecule has 0 saturated carbocycles. The molecule has 1 aliphatic heterocycles. The lowest BCUT2D eigenvalue weighted by atomic mass is 10.0. The summed E-state index contributed by atoms with van der Waals surface area (Å²) in [7, 11) is 0. The maximum Gasteiger partial charge on any atom is 0.219 e. The van der Waals surface area contributed by atoms with E-state index in [0.29, 0.717) is 23.7 Å². The van der Waals surface area contributed by atoms with Gasteiger partial charge in [-0.2, -0.15) is 0 Å². The molecule has 1 unspecified atom stereocenters. The van der Waals surface area contributed by atoms with Gasteiger partial charge in [0.15, 0.2) is 5.78 Å².